The molecule has 2 rings (SSSR count). The number of nitrogens with zero attached hydrogens (tertiary/aromatic N) is 1. The lowest BCUT2D eigenvalue weighted by Gasteiger charge is -2.16. The number of hydrogen-bond donors (Lipinski definition) is 1. The van der Waals surface area contributed by atoms with Crippen molar-refractivity contribution in [1.82, 2.24) is 4.72 Å². The number of rotatable bonds is 7. The minimum atomic E-state index is -3.85. The molecular formula is C18H22N2O4S. The van der Waals surface area contributed by atoms with Crippen LogP contribution in [0.4, 0.5) is 5.69 Å². The first kappa shape index (κ1) is 19.1. The standard InChI is InChI=1S/C18H22N2O4S/c1-4-13(2)15-8-10-16(11-9-15)14(3)19-25(23,24)18-7-5-6-17(12-18)20(21)22/h5-14,19H,4H2,1-3H3. The molecule has 25 heavy (non-hydrogen) atoms. The van der Waals surface area contributed by atoms with Gasteiger partial charge in [0.05, 0.1) is 9.82 Å². The van der Waals surface area contributed by atoms with Gasteiger partial charge in [0.2, 0.25) is 10.0 Å². The summed E-state index contributed by atoms with van der Waals surface area (Å²) < 4.78 is 27.5. The Morgan fingerprint density at radius 1 is 1.08 bits per heavy atom. The van der Waals surface area contributed by atoms with E-state index in [2.05, 4.69) is 18.6 Å². The number of nitro benzene ring substituents is 1. The smallest absolute Gasteiger partial charge is 0.258 e. The fourth-order valence-electron chi connectivity index (χ4n) is 2.48. The van der Waals surface area contributed by atoms with Crippen molar-refractivity contribution in [1.29, 1.82) is 0 Å². The number of hydrogen-bond acceptors (Lipinski definition) is 4. The minimum absolute atomic E-state index is 0.121. The van der Waals surface area contributed by atoms with Crippen molar-refractivity contribution in [2.24, 2.45) is 0 Å². The summed E-state index contributed by atoms with van der Waals surface area (Å²) >= 11 is 0. The summed E-state index contributed by atoms with van der Waals surface area (Å²) in [6, 6.07) is 12.4. The fourth-order valence-corrected chi connectivity index (χ4v) is 3.75. The molecule has 2 atom stereocenters. The maximum atomic E-state index is 12.5. The van der Waals surface area contributed by atoms with E-state index in [1.807, 2.05) is 24.3 Å². The summed E-state index contributed by atoms with van der Waals surface area (Å²) in [5.74, 6) is 0.450. The number of sulfonamides is 1. The van der Waals surface area contributed by atoms with Crippen LogP contribution in [0.15, 0.2) is 53.4 Å². The van der Waals surface area contributed by atoms with E-state index in [9.17, 15) is 18.5 Å². The van der Waals surface area contributed by atoms with Gasteiger partial charge < -0.3 is 0 Å². The zero-order chi connectivity index (χ0) is 18.6. The third kappa shape index (κ3) is 4.64. The molecule has 0 saturated carbocycles. The Kier molecular flexibility index (Phi) is 5.92. The van der Waals surface area contributed by atoms with E-state index < -0.39 is 21.0 Å². The van der Waals surface area contributed by atoms with Gasteiger partial charge in [0.1, 0.15) is 0 Å². The second-order valence-corrected chi connectivity index (χ2v) is 7.79. The van der Waals surface area contributed by atoms with Crippen molar-refractivity contribution in [3.8, 4) is 0 Å². The molecule has 7 heteroatoms. The SMILES string of the molecule is CCC(C)c1ccc(C(C)NS(=O)(=O)c2cccc([N+](=O)[O-])c2)cc1. The van der Waals surface area contributed by atoms with Crippen LogP contribution >= 0.6 is 0 Å². The van der Waals surface area contributed by atoms with Gasteiger partial charge in [-0.3, -0.25) is 10.1 Å². The molecular weight excluding hydrogens is 340 g/mol. The molecule has 0 aliphatic carbocycles. The molecule has 0 saturated heterocycles. The maximum Gasteiger partial charge on any atom is 0.270 e. The first-order valence-electron chi connectivity index (χ1n) is 8.11. The van der Waals surface area contributed by atoms with Crippen LogP contribution in [0.3, 0.4) is 0 Å². The lowest BCUT2D eigenvalue weighted by Crippen LogP contribution is -2.27. The third-order valence-corrected chi connectivity index (χ3v) is 5.83. The highest BCUT2D eigenvalue weighted by atomic mass is 32.2. The Labute approximate surface area is 148 Å². The van der Waals surface area contributed by atoms with Crippen LogP contribution in [0.5, 0.6) is 0 Å². The molecule has 0 aromatic heterocycles. The largest absolute Gasteiger partial charge is 0.270 e. The van der Waals surface area contributed by atoms with Crippen molar-refractivity contribution in [3.05, 3.63) is 69.8 Å². The average Bonchev–Trinajstić information content (AvgIpc) is 2.60. The number of benzene rings is 2. The zero-order valence-corrected chi connectivity index (χ0v) is 15.3. The summed E-state index contributed by atoms with van der Waals surface area (Å²) in [5, 5.41) is 10.8. The molecule has 134 valence electrons. The summed E-state index contributed by atoms with van der Waals surface area (Å²) in [6.07, 6.45) is 1.04. The summed E-state index contributed by atoms with van der Waals surface area (Å²) in [7, 11) is -3.85. The summed E-state index contributed by atoms with van der Waals surface area (Å²) in [4.78, 5) is 10.1. The highest BCUT2D eigenvalue weighted by Crippen LogP contribution is 2.23. The molecule has 0 aliphatic heterocycles. The quantitative estimate of drug-likeness (QED) is 0.592. The minimum Gasteiger partial charge on any atom is -0.258 e. The van der Waals surface area contributed by atoms with Gasteiger partial charge in [-0.1, -0.05) is 44.2 Å². The molecule has 2 unspecified atom stereocenters. The van der Waals surface area contributed by atoms with Crippen LogP contribution < -0.4 is 4.72 Å². The maximum absolute atomic E-state index is 12.5. The fraction of sp³-hybridized carbons (Fsp3) is 0.333. The predicted octanol–water partition coefficient (Wildman–Crippen LogP) is 4.15. The second-order valence-electron chi connectivity index (χ2n) is 6.07. The molecule has 0 spiro atoms. The van der Waals surface area contributed by atoms with E-state index in [0.29, 0.717) is 5.92 Å². The Morgan fingerprint density at radius 3 is 2.24 bits per heavy atom. The summed E-state index contributed by atoms with van der Waals surface area (Å²) in [5.41, 5.74) is 1.79. The number of nitrogens with one attached hydrogen (secondary N) is 1. The monoisotopic (exact) mass is 362 g/mol. The van der Waals surface area contributed by atoms with Crippen molar-refractivity contribution in [2.75, 3.05) is 0 Å². The van der Waals surface area contributed by atoms with Crippen LogP contribution in [0.1, 0.15) is 50.3 Å². The first-order valence-corrected chi connectivity index (χ1v) is 9.59. The number of nitro groups is 1. The van der Waals surface area contributed by atoms with Gasteiger partial charge >= 0.3 is 0 Å². The average molecular weight is 362 g/mol. The Balaban J connectivity index is 2.19. The Bertz CT molecular complexity index is 848. The molecule has 0 heterocycles. The molecule has 6 nitrogen and oxygen atoms in total. The van der Waals surface area contributed by atoms with Crippen molar-refractivity contribution in [2.45, 2.75) is 44.0 Å². The van der Waals surface area contributed by atoms with Crippen LogP contribution in [-0.4, -0.2) is 13.3 Å². The van der Waals surface area contributed by atoms with Crippen molar-refractivity contribution < 1.29 is 13.3 Å². The zero-order valence-electron chi connectivity index (χ0n) is 14.5. The Hall–Kier alpha value is -2.25. The molecule has 0 amide bonds. The van der Waals surface area contributed by atoms with Gasteiger partial charge in [-0.2, -0.15) is 0 Å². The molecule has 0 radical (unpaired) electrons. The molecule has 2 aromatic rings. The van der Waals surface area contributed by atoms with Crippen molar-refractivity contribution >= 4 is 15.7 Å². The van der Waals surface area contributed by atoms with Gasteiger partial charge in [-0.15, -0.1) is 0 Å². The normalized spacial score (nSPS) is 14.0. The predicted molar refractivity (Wildman–Crippen MR) is 97.0 cm³/mol. The molecule has 0 bridgehead atoms. The van der Waals surface area contributed by atoms with Crippen LogP contribution in [-0.2, 0) is 10.0 Å². The topological polar surface area (TPSA) is 89.3 Å². The van der Waals surface area contributed by atoms with E-state index in [4.69, 9.17) is 0 Å². The molecule has 1 N–H and O–H groups in total. The lowest BCUT2D eigenvalue weighted by molar-refractivity contribution is -0.385. The molecule has 2 aromatic carbocycles. The highest BCUT2D eigenvalue weighted by Gasteiger charge is 2.20. The van der Waals surface area contributed by atoms with Gasteiger partial charge in [0.25, 0.3) is 5.69 Å². The molecule has 0 aliphatic rings. The molecule has 0 fully saturated rings. The van der Waals surface area contributed by atoms with Crippen molar-refractivity contribution in [3.63, 3.8) is 0 Å². The van der Waals surface area contributed by atoms with Gasteiger partial charge in [-0.25, -0.2) is 13.1 Å². The van der Waals surface area contributed by atoms with E-state index in [1.165, 1.54) is 23.8 Å². The first-order chi connectivity index (χ1) is 11.7. The summed E-state index contributed by atoms with van der Waals surface area (Å²) in [6.45, 7) is 6.00. The Morgan fingerprint density at radius 2 is 1.68 bits per heavy atom. The lowest BCUT2D eigenvalue weighted by atomic mass is 9.96. The highest BCUT2D eigenvalue weighted by molar-refractivity contribution is 7.89. The number of non-ortho nitro benzene ring substituents is 1. The van der Waals surface area contributed by atoms with E-state index >= 15 is 0 Å². The third-order valence-electron chi connectivity index (χ3n) is 4.29. The van der Waals surface area contributed by atoms with Gasteiger partial charge in [0, 0.05) is 18.2 Å². The second kappa shape index (κ2) is 7.76. The van der Waals surface area contributed by atoms with E-state index in [1.54, 1.807) is 6.92 Å². The van der Waals surface area contributed by atoms with Crippen LogP contribution in [0.25, 0.3) is 0 Å². The van der Waals surface area contributed by atoms with Gasteiger partial charge in [-0.05, 0) is 36.5 Å². The van der Waals surface area contributed by atoms with Crippen LogP contribution in [0.2, 0.25) is 0 Å². The van der Waals surface area contributed by atoms with E-state index in [0.717, 1.165) is 18.1 Å². The van der Waals surface area contributed by atoms with E-state index in [-0.39, 0.29) is 10.6 Å². The van der Waals surface area contributed by atoms with Gasteiger partial charge in [0.15, 0.2) is 0 Å². The van der Waals surface area contributed by atoms with Crippen LogP contribution in [0, 0.1) is 10.1 Å².